The zero-order valence-corrected chi connectivity index (χ0v) is 11.7. The average Bonchev–Trinajstić information content (AvgIpc) is 2.44. The molecule has 0 spiro atoms. The van der Waals surface area contributed by atoms with Crippen molar-refractivity contribution >= 4 is 11.7 Å². The zero-order chi connectivity index (χ0) is 15.1. The molecule has 110 valence electrons. The van der Waals surface area contributed by atoms with Gasteiger partial charge in [-0.1, -0.05) is 6.92 Å². The molecule has 0 saturated carbocycles. The predicted octanol–water partition coefficient (Wildman–Crippen LogP) is 1.92. The molecule has 5 heteroatoms. The number of carbonyl (C=O) groups is 2. The van der Waals surface area contributed by atoms with Crippen molar-refractivity contribution in [2.45, 2.75) is 32.7 Å². The third-order valence-corrected chi connectivity index (χ3v) is 3.28. The standard InChI is InChI=1S/C15H20FNO3/c1-10(9-18)11(2)17-15(20)8-7-14(19)12-3-5-13(16)6-4-12/h3-6,10-11,18H,7-9H2,1-2H3,(H,17,20). The lowest BCUT2D eigenvalue weighted by molar-refractivity contribution is -0.122. The van der Waals surface area contributed by atoms with Crippen LogP contribution in [-0.2, 0) is 4.79 Å². The topological polar surface area (TPSA) is 66.4 Å². The van der Waals surface area contributed by atoms with Crippen LogP contribution < -0.4 is 5.32 Å². The molecule has 0 radical (unpaired) electrons. The highest BCUT2D eigenvalue weighted by atomic mass is 19.1. The highest BCUT2D eigenvalue weighted by molar-refractivity contribution is 5.97. The number of carbonyl (C=O) groups excluding carboxylic acids is 2. The molecule has 0 aromatic heterocycles. The monoisotopic (exact) mass is 281 g/mol. The summed E-state index contributed by atoms with van der Waals surface area (Å²) in [5.41, 5.74) is 0.399. The third kappa shape index (κ3) is 5.09. The lowest BCUT2D eigenvalue weighted by atomic mass is 10.0. The van der Waals surface area contributed by atoms with E-state index in [2.05, 4.69) is 5.32 Å². The number of aliphatic hydroxyl groups excluding tert-OH is 1. The van der Waals surface area contributed by atoms with Crippen LogP contribution >= 0.6 is 0 Å². The largest absolute Gasteiger partial charge is 0.396 e. The summed E-state index contributed by atoms with van der Waals surface area (Å²) in [6.45, 7) is 3.63. The molecule has 0 aliphatic carbocycles. The van der Waals surface area contributed by atoms with Crippen molar-refractivity contribution in [3.05, 3.63) is 35.6 Å². The number of nitrogens with one attached hydrogen (secondary N) is 1. The fraction of sp³-hybridized carbons (Fsp3) is 0.467. The number of ketones is 1. The zero-order valence-electron chi connectivity index (χ0n) is 11.7. The molecule has 20 heavy (non-hydrogen) atoms. The minimum atomic E-state index is -0.397. The molecule has 0 bridgehead atoms. The smallest absolute Gasteiger partial charge is 0.220 e. The molecule has 2 N–H and O–H groups in total. The highest BCUT2D eigenvalue weighted by Gasteiger charge is 2.15. The minimum absolute atomic E-state index is 0.00401. The first kappa shape index (κ1) is 16.3. The minimum Gasteiger partial charge on any atom is -0.396 e. The first-order valence-corrected chi connectivity index (χ1v) is 6.63. The SMILES string of the molecule is CC(CO)C(C)NC(=O)CCC(=O)c1ccc(F)cc1. The van der Waals surface area contributed by atoms with Crippen LogP contribution in [0.3, 0.4) is 0 Å². The molecule has 0 aliphatic heterocycles. The number of amides is 1. The fourth-order valence-electron chi connectivity index (χ4n) is 1.63. The van der Waals surface area contributed by atoms with Crippen LogP contribution in [0.5, 0.6) is 0 Å². The van der Waals surface area contributed by atoms with Crippen molar-refractivity contribution in [1.29, 1.82) is 0 Å². The molecule has 0 aliphatic rings. The molecule has 2 unspecified atom stereocenters. The van der Waals surface area contributed by atoms with Crippen LogP contribution in [0.2, 0.25) is 0 Å². The Balaban J connectivity index is 2.41. The van der Waals surface area contributed by atoms with E-state index in [0.717, 1.165) is 0 Å². The van der Waals surface area contributed by atoms with Gasteiger partial charge in [-0.05, 0) is 37.1 Å². The van der Waals surface area contributed by atoms with Gasteiger partial charge < -0.3 is 10.4 Å². The van der Waals surface area contributed by atoms with Gasteiger partial charge in [0.2, 0.25) is 5.91 Å². The van der Waals surface area contributed by atoms with E-state index in [-0.39, 0.29) is 43.1 Å². The molecular weight excluding hydrogens is 261 g/mol. The Morgan fingerprint density at radius 3 is 2.35 bits per heavy atom. The number of halogens is 1. The van der Waals surface area contributed by atoms with Gasteiger partial charge in [-0.15, -0.1) is 0 Å². The van der Waals surface area contributed by atoms with Crippen LogP contribution in [0.1, 0.15) is 37.0 Å². The summed E-state index contributed by atoms with van der Waals surface area (Å²) < 4.78 is 12.7. The van der Waals surface area contributed by atoms with E-state index in [1.54, 1.807) is 6.92 Å². The Morgan fingerprint density at radius 1 is 1.20 bits per heavy atom. The van der Waals surface area contributed by atoms with Gasteiger partial charge in [-0.2, -0.15) is 0 Å². The Morgan fingerprint density at radius 2 is 1.80 bits per heavy atom. The van der Waals surface area contributed by atoms with Crippen molar-refractivity contribution in [1.82, 2.24) is 5.32 Å². The maximum Gasteiger partial charge on any atom is 0.220 e. The molecule has 1 aromatic rings. The van der Waals surface area contributed by atoms with E-state index < -0.39 is 5.82 Å². The van der Waals surface area contributed by atoms with E-state index in [0.29, 0.717) is 5.56 Å². The summed E-state index contributed by atoms with van der Waals surface area (Å²) in [7, 11) is 0. The van der Waals surface area contributed by atoms with Gasteiger partial charge in [0.1, 0.15) is 5.82 Å². The number of Topliss-reactive ketones (excluding diaryl/α,β-unsaturated/α-hetero) is 1. The number of rotatable bonds is 7. The second-order valence-corrected chi connectivity index (χ2v) is 4.95. The molecule has 0 fully saturated rings. The molecule has 2 atom stereocenters. The van der Waals surface area contributed by atoms with Gasteiger partial charge in [-0.25, -0.2) is 4.39 Å². The van der Waals surface area contributed by atoms with E-state index in [9.17, 15) is 14.0 Å². The van der Waals surface area contributed by atoms with E-state index in [4.69, 9.17) is 5.11 Å². The van der Waals surface area contributed by atoms with Gasteiger partial charge >= 0.3 is 0 Å². The molecule has 4 nitrogen and oxygen atoms in total. The number of benzene rings is 1. The van der Waals surface area contributed by atoms with Crippen molar-refractivity contribution in [2.75, 3.05) is 6.61 Å². The number of hydrogen-bond acceptors (Lipinski definition) is 3. The number of hydrogen-bond donors (Lipinski definition) is 2. The van der Waals surface area contributed by atoms with Gasteiger partial charge in [0.25, 0.3) is 0 Å². The van der Waals surface area contributed by atoms with Crippen LogP contribution in [0.25, 0.3) is 0 Å². The summed E-state index contributed by atoms with van der Waals surface area (Å²) in [5, 5.41) is 11.7. The lowest BCUT2D eigenvalue weighted by Crippen LogP contribution is -2.38. The highest BCUT2D eigenvalue weighted by Crippen LogP contribution is 2.08. The summed E-state index contributed by atoms with van der Waals surface area (Å²) in [6.07, 6.45) is 0.163. The van der Waals surface area contributed by atoms with E-state index in [1.165, 1.54) is 24.3 Å². The van der Waals surface area contributed by atoms with Crippen LogP contribution in [0, 0.1) is 11.7 Å². The molecule has 1 rings (SSSR count). The first-order chi connectivity index (χ1) is 9.43. The molecule has 1 amide bonds. The van der Waals surface area contributed by atoms with Gasteiger partial charge in [0, 0.05) is 31.1 Å². The van der Waals surface area contributed by atoms with Crippen molar-refractivity contribution in [3.8, 4) is 0 Å². The summed E-state index contributed by atoms with van der Waals surface area (Å²) in [4.78, 5) is 23.5. The predicted molar refractivity (Wildman–Crippen MR) is 73.8 cm³/mol. The van der Waals surface area contributed by atoms with Crippen LogP contribution in [0.4, 0.5) is 4.39 Å². The average molecular weight is 281 g/mol. The molecule has 0 saturated heterocycles. The maximum atomic E-state index is 12.7. The molecular formula is C15H20FNO3. The van der Waals surface area contributed by atoms with E-state index >= 15 is 0 Å². The van der Waals surface area contributed by atoms with Crippen LogP contribution in [-0.4, -0.2) is 29.4 Å². The van der Waals surface area contributed by atoms with Crippen molar-refractivity contribution in [2.24, 2.45) is 5.92 Å². The normalized spacial score (nSPS) is 13.6. The Kier molecular flexibility index (Phi) is 6.31. The van der Waals surface area contributed by atoms with Crippen molar-refractivity contribution < 1.29 is 19.1 Å². The molecule has 1 aromatic carbocycles. The summed E-state index contributed by atoms with van der Waals surface area (Å²) in [6, 6.07) is 5.11. The number of aliphatic hydroxyl groups is 1. The maximum absolute atomic E-state index is 12.7. The van der Waals surface area contributed by atoms with E-state index in [1.807, 2.05) is 6.92 Å². The lowest BCUT2D eigenvalue weighted by Gasteiger charge is -2.19. The summed E-state index contributed by atoms with van der Waals surface area (Å²) in [5.74, 6) is -0.853. The second-order valence-electron chi connectivity index (χ2n) is 4.95. The Labute approximate surface area is 118 Å². The quantitative estimate of drug-likeness (QED) is 0.750. The Hall–Kier alpha value is -1.75. The fourth-order valence-corrected chi connectivity index (χ4v) is 1.63. The van der Waals surface area contributed by atoms with Crippen LogP contribution in [0.15, 0.2) is 24.3 Å². The summed E-state index contributed by atoms with van der Waals surface area (Å²) >= 11 is 0. The van der Waals surface area contributed by atoms with Gasteiger partial charge in [0.05, 0.1) is 0 Å². The Bertz CT molecular complexity index is 459. The van der Waals surface area contributed by atoms with Crippen molar-refractivity contribution in [3.63, 3.8) is 0 Å². The first-order valence-electron chi connectivity index (χ1n) is 6.63. The molecule has 0 heterocycles. The van der Waals surface area contributed by atoms with Gasteiger partial charge in [0.15, 0.2) is 5.78 Å². The van der Waals surface area contributed by atoms with Gasteiger partial charge in [-0.3, -0.25) is 9.59 Å². The second kappa shape index (κ2) is 7.75. The third-order valence-electron chi connectivity index (χ3n) is 3.28.